The molecule has 2 amide bonds. The lowest BCUT2D eigenvalue weighted by Crippen LogP contribution is -2.40. The number of methoxy groups -OCH3 is 3. The molecule has 1 heterocycles. The number of ether oxygens (including phenoxy) is 4. The van der Waals surface area contributed by atoms with E-state index in [4.69, 9.17) is 18.9 Å². The van der Waals surface area contributed by atoms with Crippen LogP contribution in [-0.2, 0) is 22.4 Å². The van der Waals surface area contributed by atoms with Crippen LogP contribution < -0.4 is 14.2 Å². The van der Waals surface area contributed by atoms with Crippen LogP contribution in [0.1, 0.15) is 17.5 Å². The van der Waals surface area contributed by atoms with E-state index in [1.807, 2.05) is 30.3 Å². The number of benzene rings is 2. The predicted molar refractivity (Wildman–Crippen MR) is 107 cm³/mol. The zero-order valence-electron chi connectivity index (χ0n) is 16.8. The smallest absolute Gasteiger partial charge is 0.416 e. The van der Waals surface area contributed by atoms with E-state index in [0.717, 1.165) is 11.1 Å². The number of nitrogens with zero attached hydrogens (tertiary/aromatic N) is 1. The molecule has 1 fully saturated rings. The summed E-state index contributed by atoms with van der Waals surface area (Å²) in [5.41, 5.74) is 1.90. The normalized spacial score (nSPS) is 15.8. The van der Waals surface area contributed by atoms with Gasteiger partial charge in [-0.3, -0.25) is 4.79 Å². The average Bonchev–Trinajstić information content (AvgIpc) is 3.11. The monoisotopic (exact) mass is 399 g/mol. The highest BCUT2D eigenvalue weighted by molar-refractivity contribution is 5.93. The molecular formula is C22H25NO6. The largest absolute Gasteiger partial charge is 0.493 e. The summed E-state index contributed by atoms with van der Waals surface area (Å²) in [4.78, 5) is 26.2. The third-order valence-electron chi connectivity index (χ3n) is 4.90. The highest BCUT2D eigenvalue weighted by Crippen LogP contribution is 2.38. The van der Waals surface area contributed by atoms with E-state index >= 15 is 0 Å². The number of carbonyl (C=O) groups is 2. The summed E-state index contributed by atoms with van der Waals surface area (Å²) in [7, 11) is 4.62. The van der Waals surface area contributed by atoms with Crippen LogP contribution >= 0.6 is 0 Å². The Labute approximate surface area is 170 Å². The maximum atomic E-state index is 12.8. The fourth-order valence-corrected chi connectivity index (χ4v) is 3.45. The van der Waals surface area contributed by atoms with Crippen LogP contribution in [-0.4, -0.2) is 50.9 Å². The van der Waals surface area contributed by atoms with Gasteiger partial charge in [0.05, 0.1) is 27.4 Å². The zero-order valence-corrected chi connectivity index (χ0v) is 16.8. The second-order valence-corrected chi connectivity index (χ2v) is 6.72. The zero-order chi connectivity index (χ0) is 20.8. The minimum atomic E-state index is -0.583. The first-order chi connectivity index (χ1) is 14.1. The van der Waals surface area contributed by atoms with Crippen molar-refractivity contribution in [2.45, 2.75) is 25.3 Å². The van der Waals surface area contributed by atoms with E-state index in [-0.39, 0.29) is 25.0 Å². The number of hydrogen-bond donors (Lipinski definition) is 0. The summed E-state index contributed by atoms with van der Waals surface area (Å²) in [5, 5.41) is 0. The fourth-order valence-electron chi connectivity index (χ4n) is 3.45. The van der Waals surface area contributed by atoms with E-state index in [0.29, 0.717) is 30.1 Å². The third kappa shape index (κ3) is 4.62. The van der Waals surface area contributed by atoms with Gasteiger partial charge >= 0.3 is 6.09 Å². The van der Waals surface area contributed by atoms with Crippen molar-refractivity contribution in [1.82, 2.24) is 4.90 Å². The van der Waals surface area contributed by atoms with Gasteiger partial charge in [0.1, 0.15) is 6.61 Å². The first kappa shape index (κ1) is 20.5. The molecule has 1 aliphatic rings. The average molecular weight is 399 g/mol. The fraction of sp³-hybridized carbons (Fsp3) is 0.364. The van der Waals surface area contributed by atoms with Crippen LogP contribution in [0.5, 0.6) is 17.2 Å². The van der Waals surface area contributed by atoms with Crippen LogP contribution in [0.3, 0.4) is 0 Å². The molecule has 0 aliphatic carbocycles. The SMILES string of the molecule is COc1cc(CCC(=O)N2C(=O)OC[C@@H]2Cc2ccccc2)cc(OC)c1OC. The first-order valence-corrected chi connectivity index (χ1v) is 9.39. The Bertz CT molecular complexity index is 842. The Kier molecular flexibility index (Phi) is 6.59. The molecule has 7 heteroatoms. The van der Waals surface area contributed by atoms with E-state index in [1.165, 1.54) is 12.0 Å². The van der Waals surface area contributed by atoms with Crippen LogP contribution in [0.15, 0.2) is 42.5 Å². The summed E-state index contributed by atoms with van der Waals surface area (Å²) < 4.78 is 21.2. The second-order valence-electron chi connectivity index (χ2n) is 6.72. The molecule has 2 aromatic rings. The Morgan fingerprint density at radius 3 is 2.28 bits per heavy atom. The molecular weight excluding hydrogens is 374 g/mol. The summed E-state index contributed by atoms with van der Waals surface area (Å²) >= 11 is 0. The molecule has 1 aliphatic heterocycles. The lowest BCUT2D eigenvalue weighted by atomic mass is 10.0. The van der Waals surface area contributed by atoms with E-state index in [1.54, 1.807) is 26.4 Å². The number of amides is 2. The van der Waals surface area contributed by atoms with Gasteiger partial charge in [0.15, 0.2) is 11.5 Å². The maximum absolute atomic E-state index is 12.8. The van der Waals surface area contributed by atoms with Gasteiger partial charge in [-0.25, -0.2) is 9.69 Å². The topological polar surface area (TPSA) is 74.3 Å². The number of imide groups is 1. The number of cyclic esters (lactones) is 1. The van der Waals surface area contributed by atoms with E-state index in [2.05, 4.69) is 0 Å². The molecule has 2 aromatic carbocycles. The second kappa shape index (κ2) is 9.32. The lowest BCUT2D eigenvalue weighted by Gasteiger charge is -2.20. The minimum Gasteiger partial charge on any atom is -0.493 e. The third-order valence-corrected chi connectivity index (χ3v) is 4.90. The standard InChI is InChI=1S/C22H25NO6/c1-26-18-12-16(13-19(27-2)21(18)28-3)9-10-20(24)23-17(14-29-22(23)25)11-15-7-5-4-6-8-15/h4-8,12-13,17H,9-11,14H2,1-3H3/t17-/m0/s1. The van der Waals surface area contributed by atoms with Crippen molar-refractivity contribution in [2.24, 2.45) is 0 Å². The molecule has 1 saturated heterocycles. The summed E-state index contributed by atoms with van der Waals surface area (Å²) in [6.07, 6.45) is 0.583. The van der Waals surface area contributed by atoms with Gasteiger partial charge in [-0.05, 0) is 36.1 Å². The molecule has 0 unspecified atom stereocenters. The summed E-state index contributed by atoms with van der Waals surface area (Å²) in [5.74, 6) is 1.28. The lowest BCUT2D eigenvalue weighted by molar-refractivity contribution is -0.129. The molecule has 0 N–H and O–H groups in total. The first-order valence-electron chi connectivity index (χ1n) is 9.39. The molecule has 7 nitrogen and oxygen atoms in total. The molecule has 0 spiro atoms. The number of rotatable bonds is 8. The van der Waals surface area contributed by atoms with Crippen LogP contribution in [0.4, 0.5) is 4.79 Å². The van der Waals surface area contributed by atoms with Crippen molar-refractivity contribution in [3.05, 3.63) is 53.6 Å². The minimum absolute atomic E-state index is 0.166. The maximum Gasteiger partial charge on any atom is 0.416 e. The molecule has 0 saturated carbocycles. The van der Waals surface area contributed by atoms with Gasteiger partial charge < -0.3 is 18.9 Å². The summed E-state index contributed by atoms with van der Waals surface area (Å²) in [6.45, 7) is 0.212. The van der Waals surface area contributed by atoms with Gasteiger partial charge in [0, 0.05) is 6.42 Å². The van der Waals surface area contributed by atoms with Gasteiger partial charge in [-0.15, -0.1) is 0 Å². The van der Waals surface area contributed by atoms with Crippen LogP contribution in [0.2, 0.25) is 0 Å². The Hall–Kier alpha value is -3.22. The Morgan fingerprint density at radius 2 is 1.69 bits per heavy atom. The predicted octanol–water partition coefficient (Wildman–Crippen LogP) is 3.24. The van der Waals surface area contributed by atoms with Gasteiger partial charge in [0.25, 0.3) is 0 Å². The van der Waals surface area contributed by atoms with E-state index < -0.39 is 6.09 Å². The van der Waals surface area contributed by atoms with Crippen molar-refractivity contribution in [2.75, 3.05) is 27.9 Å². The molecule has 0 aromatic heterocycles. The van der Waals surface area contributed by atoms with E-state index in [9.17, 15) is 9.59 Å². The van der Waals surface area contributed by atoms with Crippen molar-refractivity contribution < 1.29 is 28.5 Å². The van der Waals surface area contributed by atoms with Gasteiger partial charge in [-0.2, -0.15) is 0 Å². The number of hydrogen-bond acceptors (Lipinski definition) is 6. The van der Waals surface area contributed by atoms with Crippen molar-refractivity contribution in [3.63, 3.8) is 0 Å². The van der Waals surface area contributed by atoms with Crippen LogP contribution in [0.25, 0.3) is 0 Å². The molecule has 154 valence electrons. The highest BCUT2D eigenvalue weighted by atomic mass is 16.6. The van der Waals surface area contributed by atoms with Crippen LogP contribution in [0, 0.1) is 0 Å². The van der Waals surface area contributed by atoms with Crippen molar-refractivity contribution >= 4 is 12.0 Å². The molecule has 0 radical (unpaired) electrons. The number of carbonyl (C=O) groups excluding carboxylic acids is 2. The Balaban J connectivity index is 1.70. The molecule has 29 heavy (non-hydrogen) atoms. The number of aryl methyl sites for hydroxylation is 1. The van der Waals surface area contributed by atoms with Crippen molar-refractivity contribution in [1.29, 1.82) is 0 Å². The summed E-state index contributed by atoms with van der Waals surface area (Å²) in [6, 6.07) is 13.1. The molecule has 0 bridgehead atoms. The molecule has 3 rings (SSSR count). The van der Waals surface area contributed by atoms with Gasteiger partial charge in [0.2, 0.25) is 11.7 Å². The van der Waals surface area contributed by atoms with Crippen molar-refractivity contribution in [3.8, 4) is 17.2 Å². The Morgan fingerprint density at radius 1 is 1.03 bits per heavy atom. The quantitative estimate of drug-likeness (QED) is 0.679. The highest BCUT2D eigenvalue weighted by Gasteiger charge is 2.37. The van der Waals surface area contributed by atoms with Gasteiger partial charge in [-0.1, -0.05) is 30.3 Å². The molecule has 1 atom stereocenters.